The first-order valence-electron chi connectivity index (χ1n) is 9.59. The average Bonchev–Trinajstić information content (AvgIpc) is 2.66. The van der Waals surface area contributed by atoms with Gasteiger partial charge < -0.3 is 24.8 Å². The second-order valence-corrected chi connectivity index (χ2v) is 5.95. The largest absolute Gasteiger partial charge is 0.493 e. The number of rotatable bonds is 12. The van der Waals surface area contributed by atoms with Crippen LogP contribution in [0.4, 0.5) is 0 Å². The predicted molar refractivity (Wildman–Crippen MR) is 123 cm³/mol. The van der Waals surface area contributed by atoms with Gasteiger partial charge in [-0.05, 0) is 38.0 Å². The molecule has 0 atom stereocenters. The summed E-state index contributed by atoms with van der Waals surface area (Å²) in [6.07, 6.45) is 4.93. The monoisotopic (exact) mass is 493 g/mol. The van der Waals surface area contributed by atoms with Crippen molar-refractivity contribution in [2.45, 2.75) is 53.0 Å². The van der Waals surface area contributed by atoms with Gasteiger partial charge in [0, 0.05) is 13.1 Å². The van der Waals surface area contributed by atoms with Crippen LogP contribution in [0.25, 0.3) is 0 Å². The van der Waals surface area contributed by atoms with Crippen molar-refractivity contribution in [1.29, 1.82) is 0 Å². The van der Waals surface area contributed by atoms with Crippen molar-refractivity contribution < 1.29 is 14.2 Å². The van der Waals surface area contributed by atoms with Crippen molar-refractivity contribution in [2.75, 3.05) is 33.9 Å². The lowest BCUT2D eigenvalue weighted by Crippen LogP contribution is -2.37. The highest BCUT2D eigenvalue weighted by Gasteiger charge is 2.13. The third-order valence-corrected chi connectivity index (χ3v) is 3.90. The molecule has 0 aliphatic rings. The smallest absolute Gasteiger partial charge is 0.203 e. The summed E-state index contributed by atoms with van der Waals surface area (Å²) in [5, 5.41) is 6.67. The molecule has 0 saturated carbocycles. The normalized spacial score (nSPS) is 10.8. The first kappa shape index (κ1) is 25.6. The molecule has 0 bridgehead atoms. The molecule has 7 heteroatoms. The van der Waals surface area contributed by atoms with Crippen LogP contribution in [-0.2, 0) is 6.54 Å². The number of benzene rings is 1. The summed E-state index contributed by atoms with van der Waals surface area (Å²) in [5.74, 6) is 2.78. The second-order valence-electron chi connectivity index (χ2n) is 5.95. The van der Waals surface area contributed by atoms with Gasteiger partial charge in [-0.15, -0.1) is 24.0 Å². The highest BCUT2D eigenvalue weighted by Crippen LogP contribution is 2.38. The average molecular weight is 493 g/mol. The molecule has 0 heterocycles. The van der Waals surface area contributed by atoms with E-state index in [0.29, 0.717) is 30.4 Å². The van der Waals surface area contributed by atoms with E-state index in [2.05, 4.69) is 29.5 Å². The fourth-order valence-electron chi connectivity index (χ4n) is 2.58. The van der Waals surface area contributed by atoms with E-state index in [1.54, 1.807) is 14.2 Å². The van der Waals surface area contributed by atoms with Crippen molar-refractivity contribution in [3.8, 4) is 17.2 Å². The van der Waals surface area contributed by atoms with Gasteiger partial charge >= 0.3 is 0 Å². The Labute approximate surface area is 181 Å². The Morgan fingerprint density at radius 2 is 1.63 bits per heavy atom. The van der Waals surface area contributed by atoms with Crippen LogP contribution in [0.15, 0.2) is 17.1 Å². The van der Waals surface area contributed by atoms with E-state index in [4.69, 9.17) is 14.2 Å². The number of hydrogen-bond donors (Lipinski definition) is 2. The van der Waals surface area contributed by atoms with Crippen LogP contribution in [-0.4, -0.2) is 39.9 Å². The molecule has 0 amide bonds. The molecule has 0 unspecified atom stereocenters. The van der Waals surface area contributed by atoms with Crippen molar-refractivity contribution >= 4 is 29.9 Å². The molecule has 0 aliphatic heterocycles. The van der Waals surface area contributed by atoms with Gasteiger partial charge in [-0.2, -0.15) is 0 Å². The molecule has 6 nitrogen and oxygen atoms in total. The molecule has 1 rings (SSSR count). The van der Waals surface area contributed by atoms with Gasteiger partial charge in [-0.1, -0.05) is 26.2 Å². The minimum Gasteiger partial charge on any atom is -0.493 e. The molecule has 1 aromatic rings. The van der Waals surface area contributed by atoms with E-state index >= 15 is 0 Å². The number of unbranched alkanes of at least 4 members (excludes halogenated alkanes) is 3. The topological polar surface area (TPSA) is 64.1 Å². The summed E-state index contributed by atoms with van der Waals surface area (Å²) in [5.41, 5.74) is 1.00. The van der Waals surface area contributed by atoms with Gasteiger partial charge in [0.05, 0.1) is 27.4 Å². The van der Waals surface area contributed by atoms with Crippen molar-refractivity contribution in [3.63, 3.8) is 0 Å². The fraction of sp³-hybridized carbons (Fsp3) is 0.650. The molecule has 0 spiro atoms. The zero-order chi connectivity index (χ0) is 19.2. The first-order chi connectivity index (χ1) is 12.7. The Hall–Kier alpha value is -1.38. The summed E-state index contributed by atoms with van der Waals surface area (Å²) < 4.78 is 16.5. The van der Waals surface area contributed by atoms with Crippen LogP contribution in [0.2, 0.25) is 0 Å². The van der Waals surface area contributed by atoms with E-state index in [1.165, 1.54) is 19.3 Å². The molecule has 0 aliphatic carbocycles. The number of aliphatic imine (C=N–C) groups is 1. The zero-order valence-corrected chi connectivity index (χ0v) is 19.7. The number of guanidine groups is 1. The number of hydrogen-bond acceptors (Lipinski definition) is 4. The first-order valence-corrected chi connectivity index (χ1v) is 9.59. The summed E-state index contributed by atoms with van der Waals surface area (Å²) >= 11 is 0. The third kappa shape index (κ3) is 9.39. The van der Waals surface area contributed by atoms with Gasteiger partial charge in [-0.25, -0.2) is 4.99 Å². The van der Waals surface area contributed by atoms with Crippen LogP contribution < -0.4 is 24.8 Å². The highest BCUT2D eigenvalue weighted by molar-refractivity contribution is 14.0. The fourth-order valence-corrected chi connectivity index (χ4v) is 2.58. The lowest BCUT2D eigenvalue weighted by atomic mass is 10.2. The molecular weight excluding hydrogens is 457 g/mol. The highest BCUT2D eigenvalue weighted by atomic mass is 127. The summed E-state index contributed by atoms with van der Waals surface area (Å²) in [6, 6.07) is 3.89. The number of methoxy groups -OCH3 is 2. The lowest BCUT2D eigenvalue weighted by Gasteiger charge is -2.15. The predicted octanol–water partition coefficient (Wildman–Crippen LogP) is 4.36. The number of nitrogens with one attached hydrogen (secondary N) is 2. The number of halogens is 1. The van der Waals surface area contributed by atoms with Crippen molar-refractivity contribution in [2.24, 2.45) is 4.99 Å². The van der Waals surface area contributed by atoms with E-state index in [-0.39, 0.29) is 24.0 Å². The molecule has 27 heavy (non-hydrogen) atoms. The van der Waals surface area contributed by atoms with Gasteiger partial charge in [0.2, 0.25) is 5.75 Å². The Bertz CT molecular complexity index is 528. The Kier molecular flexibility index (Phi) is 14.9. The SMILES string of the molecule is CCCCCCNC(=NCc1cc(OC)c(OCC)c(OC)c1)NCC.I. The Balaban J connectivity index is 0.00000676. The van der Waals surface area contributed by atoms with Crippen LogP contribution in [0.1, 0.15) is 52.0 Å². The molecule has 0 saturated heterocycles. The van der Waals surface area contributed by atoms with E-state index in [9.17, 15) is 0 Å². The standard InChI is InChI=1S/C20H35N3O3.HI/c1-6-9-10-11-12-22-20(21-7-2)23-15-16-13-17(24-4)19(26-8-3)18(14-16)25-5;/h13-14H,6-12,15H2,1-5H3,(H2,21,22,23);1H. The summed E-state index contributed by atoms with van der Waals surface area (Å²) in [6.45, 7) is 9.07. The number of ether oxygens (including phenoxy) is 3. The molecule has 0 fully saturated rings. The van der Waals surface area contributed by atoms with Crippen molar-refractivity contribution in [1.82, 2.24) is 10.6 Å². The van der Waals surface area contributed by atoms with E-state index in [0.717, 1.165) is 31.0 Å². The van der Waals surface area contributed by atoms with Crippen LogP contribution in [0, 0.1) is 0 Å². The molecule has 1 aromatic carbocycles. The number of nitrogens with zero attached hydrogens (tertiary/aromatic N) is 1. The Morgan fingerprint density at radius 3 is 2.15 bits per heavy atom. The van der Waals surface area contributed by atoms with Gasteiger partial charge in [0.1, 0.15) is 0 Å². The zero-order valence-electron chi connectivity index (χ0n) is 17.4. The van der Waals surface area contributed by atoms with Crippen LogP contribution in [0.3, 0.4) is 0 Å². The maximum absolute atomic E-state index is 5.64. The minimum atomic E-state index is 0. The van der Waals surface area contributed by atoms with Crippen LogP contribution >= 0.6 is 24.0 Å². The lowest BCUT2D eigenvalue weighted by molar-refractivity contribution is 0.288. The summed E-state index contributed by atoms with van der Waals surface area (Å²) in [4.78, 5) is 4.67. The maximum atomic E-state index is 5.64. The van der Waals surface area contributed by atoms with Crippen LogP contribution in [0.5, 0.6) is 17.2 Å². The quantitative estimate of drug-likeness (QED) is 0.196. The van der Waals surface area contributed by atoms with E-state index in [1.807, 2.05) is 19.1 Å². The van der Waals surface area contributed by atoms with Gasteiger partial charge in [-0.3, -0.25) is 0 Å². The maximum Gasteiger partial charge on any atom is 0.203 e. The Morgan fingerprint density at radius 1 is 0.963 bits per heavy atom. The van der Waals surface area contributed by atoms with Crippen molar-refractivity contribution in [3.05, 3.63) is 17.7 Å². The third-order valence-electron chi connectivity index (χ3n) is 3.90. The molecule has 2 N–H and O–H groups in total. The van der Waals surface area contributed by atoms with Gasteiger partial charge in [0.15, 0.2) is 17.5 Å². The van der Waals surface area contributed by atoms with Gasteiger partial charge in [0.25, 0.3) is 0 Å². The molecular formula is C20H36IN3O3. The molecule has 0 radical (unpaired) electrons. The molecule has 156 valence electrons. The summed E-state index contributed by atoms with van der Waals surface area (Å²) in [7, 11) is 3.26. The second kappa shape index (κ2) is 15.7. The molecule has 0 aromatic heterocycles. The van der Waals surface area contributed by atoms with E-state index < -0.39 is 0 Å². The minimum absolute atomic E-state index is 0.